The lowest BCUT2D eigenvalue weighted by Crippen LogP contribution is -2.38. The van der Waals surface area contributed by atoms with E-state index >= 15 is 0 Å². The van der Waals surface area contributed by atoms with E-state index in [0.717, 1.165) is 38.9 Å². The van der Waals surface area contributed by atoms with E-state index < -0.39 is 9.84 Å². The molecule has 1 aromatic carbocycles. The number of nitrogens with zero attached hydrogens (tertiary/aromatic N) is 2. The lowest BCUT2D eigenvalue weighted by molar-refractivity contribution is 0.210. The number of anilines is 1. The SMILES string of the molecule is CS(=O)(=O)c1cccc(NC(=O)N2CC[C@@H](N3CCCC3)C2)c1. The largest absolute Gasteiger partial charge is 0.323 e. The maximum Gasteiger partial charge on any atom is 0.321 e. The van der Waals surface area contributed by atoms with Crippen LogP contribution in [0, 0.1) is 0 Å². The van der Waals surface area contributed by atoms with Crippen LogP contribution in [-0.2, 0) is 9.84 Å². The van der Waals surface area contributed by atoms with Crippen LogP contribution in [0.15, 0.2) is 29.2 Å². The standard InChI is InChI=1S/C16H23N3O3S/c1-23(21,22)15-6-4-5-13(11-15)17-16(20)19-10-7-14(12-19)18-8-2-3-9-18/h4-6,11,14H,2-3,7-10,12H2,1H3,(H,17,20)/t14-/m1/s1. The Kier molecular flexibility index (Phi) is 4.59. The molecule has 126 valence electrons. The van der Waals surface area contributed by atoms with E-state index in [1.807, 2.05) is 4.90 Å². The third-order valence-corrected chi connectivity index (χ3v) is 5.73. The van der Waals surface area contributed by atoms with Gasteiger partial charge in [-0.1, -0.05) is 6.07 Å². The maximum atomic E-state index is 12.4. The van der Waals surface area contributed by atoms with Gasteiger partial charge in [-0.15, -0.1) is 0 Å². The first-order valence-electron chi connectivity index (χ1n) is 8.03. The summed E-state index contributed by atoms with van der Waals surface area (Å²) < 4.78 is 23.2. The summed E-state index contributed by atoms with van der Waals surface area (Å²) in [6.07, 6.45) is 4.67. The topological polar surface area (TPSA) is 69.7 Å². The van der Waals surface area contributed by atoms with Gasteiger partial charge < -0.3 is 10.2 Å². The van der Waals surface area contributed by atoms with Crippen LogP contribution >= 0.6 is 0 Å². The summed E-state index contributed by atoms with van der Waals surface area (Å²) in [5.74, 6) is 0. The molecule has 3 rings (SSSR count). The van der Waals surface area contributed by atoms with Crippen LogP contribution in [0.5, 0.6) is 0 Å². The molecule has 2 saturated heterocycles. The molecule has 0 saturated carbocycles. The van der Waals surface area contributed by atoms with Crippen LogP contribution < -0.4 is 5.32 Å². The van der Waals surface area contributed by atoms with E-state index in [2.05, 4.69) is 10.2 Å². The van der Waals surface area contributed by atoms with Crippen molar-refractivity contribution in [3.05, 3.63) is 24.3 Å². The molecule has 1 N–H and O–H groups in total. The number of urea groups is 1. The van der Waals surface area contributed by atoms with E-state index in [1.165, 1.54) is 25.0 Å². The fraction of sp³-hybridized carbons (Fsp3) is 0.562. The van der Waals surface area contributed by atoms with Gasteiger partial charge >= 0.3 is 6.03 Å². The number of nitrogens with one attached hydrogen (secondary N) is 1. The fourth-order valence-corrected chi connectivity index (χ4v) is 4.00. The van der Waals surface area contributed by atoms with Gasteiger partial charge in [0, 0.05) is 31.1 Å². The van der Waals surface area contributed by atoms with E-state index in [-0.39, 0.29) is 10.9 Å². The number of carbonyl (C=O) groups is 1. The number of sulfone groups is 1. The highest BCUT2D eigenvalue weighted by molar-refractivity contribution is 7.90. The van der Waals surface area contributed by atoms with Gasteiger partial charge in [0.1, 0.15) is 0 Å². The van der Waals surface area contributed by atoms with Gasteiger partial charge in [0.25, 0.3) is 0 Å². The van der Waals surface area contributed by atoms with Crippen molar-refractivity contribution in [3.8, 4) is 0 Å². The van der Waals surface area contributed by atoms with E-state index in [0.29, 0.717) is 11.7 Å². The van der Waals surface area contributed by atoms with Gasteiger partial charge in [0.2, 0.25) is 0 Å². The normalized spacial score (nSPS) is 22.5. The first kappa shape index (κ1) is 16.3. The predicted molar refractivity (Wildman–Crippen MR) is 89.4 cm³/mol. The minimum absolute atomic E-state index is 0.155. The number of hydrogen-bond acceptors (Lipinski definition) is 4. The molecule has 0 aromatic heterocycles. The van der Waals surface area contributed by atoms with Crippen LogP contribution in [-0.4, -0.2) is 62.7 Å². The second-order valence-electron chi connectivity index (χ2n) is 6.36. The molecule has 1 aromatic rings. The van der Waals surface area contributed by atoms with E-state index in [9.17, 15) is 13.2 Å². The molecule has 2 fully saturated rings. The van der Waals surface area contributed by atoms with Gasteiger partial charge in [-0.2, -0.15) is 0 Å². The highest BCUT2D eigenvalue weighted by atomic mass is 32.2. The zero-order valence-electron chi connectivity index (χ0n) is 13.4. The molecule has 6 nitrogen and oxygen atoms in total. The molecule has 7 heteroatoms. The van der Waals surface area contributed by atoms with Crippen molar-refractivity contribution in [2.75, 3.05) is 37.8 Å². The van der Waals surface area contributed by atoms with Crippen LogP contribution in [0.2, 0.25) is 0 Å². The Balaban J connectivity index is 1.61. The molecule has 0 radical (unpaired) electrons. The minimum atomic E-state index is -3.27. The fourth-order valence-electron chi connectivity index (χ4n) is 3.34. The van der Waals surface area contributed by atoms with Crippen molar-refractivity contribution in [3.63, 3.8) is 0 Å². The van der Waals surface area contributed by atoms with E-state index in [4.69, 9.17) is 0 Å². The number of amides is 2. The van der Waals surface area contributed by atoms with Gasteiger partial charge in [-0.05, 0) is 50.6 Å². The summed E-state index contributed by atoms with van der Waals surface area (Å²) in [4.78, 5) is 16.9. The molecule has 0 unspecified atom stereocenters. The third kappa shape index (κ3) is 3.84. The Morgan fingerprint density at radius 3 is 2.65 bits per heavy atom. The zero-order valence-corrected chi connectivity index (χ0v) is 14.2. The molecule has 23 heavy (non-hydrogen) atoms. The smallest absolute Gasteiger partial charge is 0.321 e. The van der Waals surface area contributed by atoms with Crippen molar-refractivity contribution < 1.29 is 13.2 Å². The van der Waals surface area contributed by atoms with Crippen LogP contribution in [0.25, 0.3) is 0 Å². The van der Waals surface area contributed by atoms with E-state index in [1.54, 1.807) is 12.1 Å². The molecule has 1 atom stereocenters. The summed E-state index contributed by atoms with van der Waals surface area (Å²) in [7, 11) is -3.27. The van der Waals surface area contributed by atoms with Crippen LogP contribution in [0.3, 0.4) is 0 Å². The van der Waals surface area contributed by atoms with Crippen LogP contribution in [0.4, 0.5) is 10.5 Å². The lowest BCUT2D eigenvalue weighted by Gasteiger charge is -2.23. The molecule has 0 aliphatic carbocycles. The molecule has 2 aliphatic heterocycles. The van der Waals surface area contributed by atoms with Crippen molar-refractivity contribution in [1.82, 2.24) is 9.80 Å². The number of rotatable bonds is 3. The van der Waals surface area contributed by atoms with Crippen molar-refractivity contribution in [2.24, 2.45) is 0 Å². The summed E-state index contributed by atoms with van der Waals surface area (Å²) in [5, 5.41) is 2.81. The molecular weight excluding hydrogens is 314 g/mol. The first-order valence-corrected chi connectivity index (χ1v) is 9.93. The highest BCUT2D eigenvalue weighted by Gasteiger charge is 2.31. The Labute approximate surface area is 137 Å². The molecular formula is C16H23N3O3S. The number of hydrogen-bond donors (Lipinski definition) is 1. The number of likely N-dealkylation sites (tertiary alicyclic amines) is 2. The monoisotopic (exact) mass is 337 g/mol. The Morgan fingerprint density at radius 2 is 1.96 bits per heavy atom. The van der Waals surface area contributed by atoms with Crippen molar-refractivity contribution in [2.45, 2.75) is 30.2 Å². The predicted octanol–water partition coefficient (Wildman–Crippen LogP) is 1.79. The van der Waals surface area contributed by atoms with Gasteiger partial charge in [0.05, 0.1) is 4.90 Å². The Bertz CT molecular complexity index is 684. The van der Waals surface area contributed by atoms with Gasteiger partial charge in [-0.3, -0.25) is 4.90 Å². The molecule has 2 heterocycles. The molecule has 0 bridgehead atoms. The minimum Gasteiger partial charge on any atom is -0.323 e. The van der Waals surface area contributed by atoms with Gasteiger partial charge in [-0.25, -0.2) is 13.2 Å². The summed E-state index contributed by atoms with van der Waals surface area (Å²) in [6.45, 7) is 3.77. The summed E-state index contributed by atoms with van der Waals surface area (Å²) in [6, 6.07) is 6.69. The van der Waals surface area contributed by atoms with Crippen molar-refractivity contribution >= 4 is 21.6 Å². The summed E-state index contributed by atoms with van der Waals surface area (Å²) in [5.41, 5.74) is 0.516. The number of benzene rings is 1. The third-order valence-electron chi connectivity index (χ3n) is 4.62. The quantitative estimate of drug-likeness (QED) is 0.913. The Hall–Kier alpha value is -1.60. The first-order chi connectivity index (χ1) is 10.9. The van der Waals surface area contributed by atoms with Crippen molar-refractivity contribution in [1.29, 1.82) is 0 Å². The number of carbonyl (C=O) groups excluding carboxylic acids is 1. The summed E-state index contributed by atoms with van der Waals surface area (Å²) >= 11 is 0. The highest BCUT2D eigenvalue weighted by Crippen LogP contribution is 2.22. The Morgan fingerprint density at radius 1 is 1.22 bits per heavy atom. The second-order valence-corrected chi connectivity index (χ2v) is 8.38. The maximum absolute atomic E-state index is 12.4. The second kappa shape index (κ2) is 6.49. The molecule has 2 amide bonds. The molecule has 0 spiro atoms. The zero-order chi connectivity index (χ0) is 16.4. The average molecular weight is 337 g/mol. The molecule has 2 aliphatic rings. The van der Waals surface area contributed by atoms with Crippen LogP contribution in [0.1, 0.15) is 19.3 Å². The van der Waals surface area contributed by atoms with Gasteiger partial charge in [0.15, 0.2) is 9.84 Å². The average Bonchev–Trinajstić information content (AvgIpc) is 3.18. The lowest BCUT2D eigenvalue weighted by atomic mass is 10.2.